The molecule has 2 aliphatic rings. The minimum Gasteiger partial charge on any atom is -0.495 e. The lowest BCUT2D eigenvalue weighted by atomic mass is 9.81. The first-order valence-corrected chi connectivity index (χ1v) is 12.5. The number of benzene rings is 1. The van der Waals surface area contributed by atoms with Crippen molar-refractivity contribution in [2.24, 2.45) is 0 Å². The molecule has 2 N–H and O–H groups in total. The highest BCUT2D eigenvalue weighted by molar-refractivity contribution is 5.95. The van der Waals surface area contributed by atoms with Crippen LogP contribution in [0.2, 0.25) is 0 Å². The Labute approximate surface area is 216 Å². The minimum atomic E-state index is -0.187. The van der Waals surface area contributed by atoms with Crippen LogP contribution in [0.4, 0.5) is 11.6 Å². The first kappa shape index (κ1) is 24.7. The number of carbonyl (C=O) groups is 1. The lowest BCUT2D eigenvalue weighted by Crippen LogP contribution is -2.38. The molecule has 0 bridgehead atoms. The third-order valence-corrected chi connectivity index (χ3v) is 7.22. The van der Waals surface area contributed by atoms with Gasteiger partial charge in [0.1, 0.15) is 5.75 Å². The molecule has 1 saturated heterocycles. The molecular weight excluding hydrogens is 468 g/mol. The van der Waals surface area contributed by atoms with Crippen LogP contribution in [-0.4, -0.2) is 47.2 Å². The van der Waals surface area contributed by atoms with E-state index in [2.05, 4.69) is 39.7 Å². The smallest absolute Gasteiger partial charge is 0.251 e. The van der Waals surface area contributed by atoms with Gasteiger partial charge >= 0.3 is 0 Å². The summed E-state index contributed by atoms with van der Waals surface area (Å²) in [6, 6.07) is 11.6. The number of nitriles is 1. The molecule has 2 aromatic heterocycles. The van der Waals surface area contributed by atoms with Gasteiger partial charge in [0.15, 0.2) is 0 Å². The monoisotopic (exact) mass is 498 g/mol. The summed E-state index contributed by atoms with van der Waals surface area (Å²) in [4.78, 5) is 26.5. The Morgan fingerprint density at radius 1 is 1.24 bits per heavy atom. The number of ether oxygens (including phenoxy) is 2. The fourth-order valence-corrected chi connectivity index (χ4v) is 4.99. The molecule has 1 aliphatic carbocycles. The van der Waals surface area contributed by atoms with Gasteiger partial charge in [0.05, 0.1) is 24.6 Å². The van der Waals surface area contributed by atoms with Crippen molar-refractivity contribution in [1.29, 1.82) is 5.26 Å². The number of methoxy groups -OCH3 is 1. The number of rotatable bonds is 7. The zero-order valence-electron chi connectivity index (χ0n) is 21.1. The van der Waals surface area contributed by atoms with E-state index in [4.69, 9.17) is 14.5 Å². The number of pyridine rings is 1. The molecule has 5 rings (SSSR count). The van der Waals surface area contributed by atoms with E-state index in [1.807, 2.05) is 12.3 Å². The number of hydrogen-bond donors (Lipinski definition) is 2. The molecule has 9 heteroatoms. The summed E-state index contributed by atoms with van der Waals surface area (Å²) in [5.74, 6) is 0.776. The Kier molecular flexibility index (Phi) is 7.01. The van der Waals surface area contributed by atoms with Gasteiger partial charge in [0.25, 0.3) is 5.91 Å². The number of carbonyl (C=O) groups excluding carboxylic acids is 1. The van der Waals surface area contributed by atoms with Crippen LogP contribution in [0.25, 0.3) is 11.3 Å². The molecule has 1 aliphatic heterocycles. The molecule has 0 spiro atoms. The standard InChI is InChI=1S/C28H30N6O3/c1-28(10-11-29)9-5-23-21(28)15-19(17-31-23)22-6-12-30-27(33-22)34-24-4-3-18(16-25(24)36-2)26(35)32-20-7-13-37-14-8-20/h3-4,6,12,15-17,20H,5,7-10,13-14H2,1-2H3,(H,32,35)(H,30,33,34). The molecular formula is C28H30N6O3. The maximum Gasteiger partial charge on any atom is 0.251 e. The first-order valence-electron chi connectivity index (χ1n) is 12.5. The first-order chi connectivity index (χ1) is 18.0. The lowest BCUT2D eigenvalue weighted by Gasteiger charge is -2.23. The number of fused-ring (bicyclic) bond motifs is 1. The molecule has 3 aromatic rings. The molecule has 190 valence electrons. The largest absolute Gasteiger partial charge is 0.495 e. The van der Waals surface area contributed by atoms with Crippen LogP contribution in [-0.2, 0) is 16.6 Å². The van der Waals surface area contributed by atoms with Gasteiger partial charge in [-0.25, -0.2) is 9.97 Å². The third kappa shape index (κ3) is 5.25. The zero-order valence-corrected chi connectivity index (χ0v) is 21.1. The maximum absolute atomic E-state index is 12.7. The average molecular weight is 499 g/mol. The summed E-state index contributed by atoms with van der Waals surface area (Å²) in [5.41, 5.74) is 4.76. The fourth-order valence-electron chi connectivity index (χ4n) is 4.99. The summed E-state index contributed by atoms with van der Waals surface area (Å²) in [7, 11) is 1.56. The van der Waals surface area contributed by atoms with Crippen LogP contribution < -0.4 is 15.4 Å². The predicted octanol–water partition coefficient (Wildman–Crippen LogP) is 4.32. The van der Waals surface area contributed by atoms with E-state index in [1.54, 1.807) is 31.5 Å². The number of nitrogens with zero attached hydrogens (tertiary/aromatic N) is 4. The molecule has 3 heterocycles. The van der Waals surface area contributed by atoms with Crippen molar-refractivity contribution in [3.63, 3.8) is 0 Å². The lowest BCUT2D eigenvalue weighted by molar-refractivity contribution is 0.0696. The van der Waals surface area contributed by atoms with E-state index >= 15 is 0 Å². The van der Waals surface area contributed by atoms with Crippen molar-refractivity contribution >= 4 is 17.5 Å². The molecule has 1 fully saturated rings. The van der Waals surface area contributed by atoms with Crippen LogP contribution in [0.1, 0.15) is 54.2 Å². The van der Waals surface area contributed by atoms with E-state index < -0.39 is 0 Å². The molecule has 0 radical (unpaired) electrons. The number of hydrogen-bond acceptors (Lipinski definition) is 8. The van der Waals surface area contributed by atoms with Gasteiger partial charge in [-0.15, -0.1) is 0 Å². The maximum atomic E-state index is 12.7. The van der Waals surface area contributed by atoms with Crippen molar-refractivity contribution in [2.75, 3.05) is 25.6 Å². The van der Waals surface area contributed by atoms with Gasteiger partial charge in [0.2, 0.25) is 5.95 Å². The van der Waals surface area contributed by atoms with Gasteiger partial charge in [-0.2, -0.15) is 5.26 Å². The van der Waals surface area contributed by atoms with Crippen LogP contribution in [0, 0.1) is 11.3 Å². The summed E-state index contributed by atoms with van der Waals surface area (Å²) >= 11 is 0. The van der Waals surface area contributed by atoms with Crippen LogP contribution >= 0.6 is 0 Å². The molecule has 9 nitrogen and oxygen atoms in total. The second-order valence-corrected chi connectivity index (χ2v) is 9.78. The normalized spacial score (nSPS) is 19.1. The van der Waals surface area contributed by atoms with Gasteiger partial charge < -0.3 is 20.1 Å². The Morgan fingerprint density at radius 2 is 2.08 bits per heavy atom. The molecule has 0 saturated carbocycles. The summed E-state index contributed by atoms with van der Waals surface area (Å²) < 4.78 is 10.9. The van der Waals surface area contributed by atoms with Gasteiger partial charge in [-0.05, 0) is 61.6 Å². The second-order valence-electron chi connectivity index (χ2n) is 9.78. The number of amides is 1. The van der Waals surface area contributed by atoms with Crippen LogP contribution in [0.15, 0.2) is 42.7 Å². The highest BCUT2D eigenvalue weighted by Crippen LogP contribution is 2.41. The SMILES string of the molecule is COc1cc(C(=O)NC2CCOCC2)ccc1Nc1nccc(-c2cnc3c(c2)C(C)(CC#N)CC3)n1. The van der Waals surface area contributed by atoms with E-state index in [0.717, 1.165) is 48.2 Å². The fraction of sp³-hybridized carbons (Fsp3) is 0.393. The third-order valence-electron chi connectivity index (χ3n) is 7.22. The summed E-state index contributed by atoms with van der Waals surface area (Å²) in [6.07, 6.45) is 7.41. The molecule has 1 amide bonds. The molecule has 1 aromatic carbocycles. The van der Waals surface area contributed by atoms with E-state index in [1.165, 1.54) is 0 Å². The van der Waals surface area contributed by atoms with Gasteiger partial charge in [0, 0.05) is 60.3 Å². The number of nitrogens with one attached hydrogen (secondary N) is 2. The van der Waals surface area contributed by atoms with Crippen LogP contribution in [0.5, 0.6) is 5.75 Å². The highest BCUT2D eigenvalue weighted by Gasteiger charge is 2.35. The van der Waals surface area contributed by atoms with E-state index in [-0.39, 0.29) is 17.4 Å². The van der Waals surface area contributed by atoms with Gasteiger partial charge in [-0.1, -0.05) is 6.92 Å². The van der Waals surface area contributed by atoms with Crippen molar-refractivity contribution in [3.05, 3.63) is 59.5 Å². The van der Waals surface area contributed by atoms with E-state index in [0.29, 0.717) is 42.6 Å². The number of anilines is 2. The molecule has 37 heavy (non-hydrogen) atoms. The van der Waals surface area contributed by atoms with Gasteiger partial charge in [-0.3, -0.25) is 9.78 Å². The Bertz CT molecular complexity index is 1350. The number of aryl methyl sites for hydroxylation is 1. The topological polar surface area (TPSA) is 122 Å². The number of aromatic nitrogens is 3. The second kappa shape index (κ2) is 10.5. The Hall–Kier alpha value is -4.03. The zero-order chi connectivity index (χ0) is 25.8. The summed E-state index contributed by atoms with van der Waals surface area (Å²) in [6.45, 7) is 3.45. The van der Waals surface area contributed by atoms with Crippen molar-refractivity contribution in [2.45, 2.75) is 50.5 Å². The molecule has 1 atom stereocenters. The van der Waals surface area contributed by atoms with Crippen molar-refractivity contribution in [1.82, 2.24) is 20.3 Å². The Morgan fingerprint density at radius 3 is 2.86 bits per heavy atom. The van der Waals surface area contributed by atoms with Crippen molar-refractivity contribution < 1.29 is 14.3 Å². The van der Waals surface area contributed by atoms with Crippen LogP contribution in [0.3, 0.4) is 0 Å². The van der Waals surface area contributed by atoms with Crippen molar-refractivity contribution in [3.8, 4) is 23.1 Å². The average Bonchev–Trinajstić information content (AvgIpc) is 3.25. The minimum absolute atomic E-state index is 0.118. The predicted molar refractivity (Wildman–Crippen MR) is 139 cm³/mol. The quantitative estimate of drug-likeness (QED) is 0.494. The Balaban J connectivity index is 1.35. The molecule has 1 unspecified atom stereocenters. The summed E-state index contributed by atoms with van der Waals surface area (Å²) in [5, 5.41) is 15.6. The van der Waals surface area contributed by atoms with E-state index in [9.17, 15) is 10.1 Å². The highest BCUT2D eigenvalue weighted by atomic mass is 16.5.